The van der Waals surface area contributed by atoms with E-state index in [1.165, 1.54) is 0 Å². The highest BCUT2D eigenvalue weighted by Gasteiger charge is 2.14. The standard InChI is InChI=1S/C15H22N4OS/c1-5-7-11-8-13(19(4)18-11)15(20)16-9-14-12(6-2)17-10(3)21-14/h8H,5-7,9H2,1-4H3,(H,16,20). The average molecular weight is 306 g/mol. The molecule has 5 nitrogen and oxygen atoms in total. The molecule has 6 heteroatoms. The van der Waals surface area contributed by atoms with Gasteiger partial charge >= 0.3 is 0 Å². The number of rotatable bonds is 6. The molecule has 2 aromatic rings. The van der Waals surface area contributed by atoms with E-state index in [-0.39, 0.29) is 5.91 Å². The first-order valence-electron chi connectivity index (χ1n) is 7.31. The summed E-state index contributed by atoms with van der Waals surface area (Å²) in [5.74, 6) is -0.0829. The lowest BCUT2D eigenvalue weighted by Crippen LogP contribution is -2.25. The van der Waals surface area contributed by atoms with Gasteiger partial charge in [-0.15, -0.1) is 11.3 Å². The number of hydrogen-bond donors (Lipinski definition) is 1. The van der Waals surface area contributed by atoms with Crippen LogP contribution < -0.4 is 5.32 Å². The highest BCUT2D eigenvalue weighted by Crippen LogP contribution is 2.18. The summed E-state index contributed by atoms with van der Waals surface area (Å²) in [5.41, 5.74) is 2.65. The minimum Gasteiger partial charge on any atom is -0.346 e. The van der Waals surface area contributed by atoms with Crippen molar-refractivity contribution in [1.82, 2.24) is 20.1 Å². The predicted molar refractivity (Wildman–Crippen MR) is 84.6 cm³/mol. The Labute approximate surface area is 129 Å². The summed E-state index contributed by atoms with van der Waals surface area (Å²) in [6.45, 7) is 6.71. The van der Waals surface area contributed by atoms with Crippen LogP contribution in [0, 0.1) is 6.92 Å². The van der Waals surface area contributed by atoms with Gasteiger partial charge in [0.15, 0.2) is 0 Å². The van der Waals surface area contributed by atoms with Crippen LogP contribution in [0.4, 0.5) is 0 Å². The number of carbonyl (C=O) groups excluding carboxylic acids is 1. The topological polar surface area (TPSA) is 59.8 Å². The van der Waals surface area contributed by atoms with E-state index < -0.39 is 0 Å². The van der Waals surface area contributed by atoms with Crippen molar-refractivity contribution in [2.45, 2.75) is 46.6 Å². The van der Waals surface area contributed by atoms with E-state index >= 15 is 0 Å². The summed E-state index contributed by atoms with van der Waals surface area (Å²) in [4.78, 5) is 17.9. The lowest BCUT2D eigenvalue weighted by Gasteiger charge is -2.04. The zero-order chi connectivity index (χ0) is 15.4. The van der Waals surface area contributed by atoms with E-state index in [4.69, 9.17) is 0 Å². The lowest BCUT2D eigenvalue weighted by atomic mass is 10.2. The molecule has 0 fully saturated rings. The SMILES string of the molecule is CCCc1cc(C(=O)NCc2sc(C)nc2CC)n(C)n1. The van der Waals surface area contributed by atoms with Crippen LogP contribution >= 0.6 is 11.3 Å². The molecule has 0 spiro atoms. The number of amides is 1. The molecule has 0 unspecified atom stereocenters. The van der Waals surface area contributed by atoms with Crippen LogP contribution in [-0.2, 0) is 26.4 Å². The molecule has 1 N–H and O–H groups in total. The third-order valence-corrected chi connectivity index (χ3v) is 4.31. The molecule has 0 bridgehead atoms. The Morgan fingerprint density at radius 3 is 2.86 bits per heavy atom. The molecule has 1 amide bonds. The normalized spacial score (nSPS) is 10.9. The van der Waals surface area contributed by atoms with Crippen molar-refractivity contribution in [3.8, 4) is 0 Å². The van der Waals surface area contributed by atoms with Gasteiger partial charge in [-0.2, -0.15) is 5.10 Å². The third kappa shape index (κ3) is 3.69. The number of nitrogens with one attached hydrogen (secondary N) is 1. The zero-order valence-corrected chi connectivity index (χ0v) is 13.9. The van der Waals surface area contributed by atoms with Crippen molar-refractivity contribution >= 4 is 17.2 Å². The quantitative estimate of drug-likeness (QED) is 0.892. The van der Waals surface area contributed by atoms with Crippen LogP contribution in [-0.4, -0.2) is 20.7 Å². The molecular formula is C15H22N4OS. The molecule has 114 valence electrons. The number of aryl methyl sites for hydroxylation is 4. The Bertz CT molecular complexity index is 630. The summed E-state index contributed by atoms with van der Waals surface area (Å²) in [6.07, 6.45) is 2.81. The van der Waals surface area contributed by atoms with Gasteiger partial charge in [-0.1, -0.05) is 20.3 Å². The van der Waals surface area contributed by atoms with Crippen molar-refractivity contribution in [3.05, 3.63) is 33.0 Å². The largest absolute Gasteiger partial charge is 0.346 e. The van der Waals surface area contributed by atoms with Gasteiger partial charge in [0.05, 0.1) is 22.9 Å². The van der Waals surface area contributed by atoms with E-state index in [0.29, 0.717) is 12.2 Å². The second-order valence-corrected chi connectivity index (χ2v) is 6.32. The summed E-state index contributed by atoms with van der Waals surface area (Å²) < 4.78 is 1.65. The van der Waals surface area contributed by atoms with E-state index in [0.717, 1.165) is 40.5 Å². The second-order valence-electron chi connectivity index (χ2n) is 5.03. The summed E-state index contributed by atoms with van der Waals surface area (Å²) in [5, 5.41) is 8.37. The van der Waals surface area contributed by atoms with Gasteiger partial charge in [0.25, 0.3) is 5.91 Å². The summed E-state index contributed by atoms with van der Waals surface area (Å²) in [6, 6.07) is 1.87. The van der Waals surface area contributed by atoms with E-state index in [2.05, 4.69) is 29.2 Å². The van der Waals surface area contributed by atoms with Gasteiger partial charge in [-0.3, -0.25) is 9.48 Å². The molecule has 0 saturated carbocycles. The van der Waals surface area contributed by atoms with Crippen LogP contribution in [0.15, 0.2) is 6.07 Å². The maximum absolute atomic E-state index is 12.3. The van der Waals surface area contributed by atoms with Crippen molar-refractivity contribution < 1.29 is 4.79 Å². The van der Waals surface area contributed by atoms with Gasteiger partial charge in [0.1, 0.15) is 5.69 Å². The maximum Gasteiger partial charge on any atom is 0.269 e. The molecule has 0 aliphatic carbocycles. The molecule has 2 heterocycles. The Morgan fingerprint density at radius 1 is 1.43 bits per heavy atom. The number of aromatic nitrogens is 3. The molecule has 0 radical (unpaired) electrons. The lowest BCUT2D eigenvalue weighted by molar-refractivity contribution is 0.0942. The van der Waals surface area contributed by atoms with Crippen molar-refractivity contribution in [2.24, 2.45) is 7.05 Å². The molecule has 0 aliphatic rings. The van der Waals surface area contributed by atoms with Gasteiger partial charge in [-0.25, -0.2) is 4.98 Å². The first-order chi connectivity index (χ1) is 10.0. The predicted octanol–water partition coefficient (Wildman–Crippen LogP) is 2.63. The van der Waals surface area contributed by atoms with Gasteiger partial charge in [0, 0.05) is 11.9 Å². The van der Waals surface area contributed by atoms with Crippen molar-refractivity contribution in [2.75, 3.05) is 0 Å². The maximum atomic E-state index is 12.3. The number of hydrogen-bond acceptors (Lipinski definition) is 4. The third-order valence-electron chi connectivity index (χ3n) is 3.30. The fourth-order valence-corrected chi connectivity index (χ4v) is 3.26. The fourth-order valence-electron chi connectivity index (χ4n) is 2.30. The molecule has 0 atom stereocenters. The van der Waals surface area contributed by atoms with E-state index in [9.17, 15) is 4.79 Å². The van der Waals surface area contributed by atoms with Gasteiger partial charge in [0.2, 0.25) is 0 Å². The fraction of sp³-hybridized carbons (Fsp3) is 0.533. The molecule has 0 aliphatic heterocycles. The number of carbonyl (C=O) groups is 1. The molecule has 2 rings (SSSR count). The molecular weight excluding hydrogens is 284 g/mol. The van der Waals surface area contributed by atoms with E-state index in [1.807, 2.05) is 20.0 Å². The van der Waals surface area contributed by atoms with Gasteiger partial charge < -0.3 is 5.32 Å². The highest BCUT2D eigenvalue weighted by atomic mass is 32.1. The number of nitrogens with zero attached hydrogens (tertiary/aromatic N) is 3. The number of thiazole rings is 1. The summed E-state index contributed by atoms with van der Waals surface area (Å²) in [7, 11) is 1.81. The summed E-state index contributed by atoms with van der Waals surface area (Å²) >= 11 is 1.65. The Kier molecular flexibility index (Phi) is 5.12. The molecule has 0 saturated heterocycles. The van der Waals surface area contributed by atoms with Crippen LogP contribution in [0.3, 0.4) is 0 Å². The second kappa shape index (κ2) is 6.85. The van der Waals surface area contributed by atoms with Crippen LogP contribution in [0.2, 0.25) is 0 Å². The van der Waals surface area contributed by atoms with Crippen LogP contribution in [0.25, 0.3) is 0 Å². The molecule has 2 aromatic heterocycles. The average Bonchev–Trinajstić information content (AvgIpc) is 2.99. The first-order valence-corrected chi connectivity index (χ1v) is 8.13. The zero-order valence-electron chi connectivity index (χ0n) is 13.1. The minimum atomic E-state index is -0.0829. The minimum absolute atomic E-state index is 0.0829. The Hall–Kier alpha value is -1.69. The molecule has 21 heavy (non-hydrogen) atoms. The monoisotopic (exact) mass is 306 g/mol. The van der Waals surface area contributed by atoms with E-state index in [1.54, 1.807) is 16.0 Å². The first kappa shape index (κ1) is 15.7. The Morgan fingerprint density at radius 2 is 2.19 bits per heavy atom. The van der Waals surface area contributed by atoms with Crippen molar-refractivity contribution in [1.29, 1.82) is 0 Å². The smallest absolute Gasteiger partial charge is 0.269 e. The Balaban J connectivity index is 2.04. The van der Waals surface area contributed by atoms with Crippen LogP contribution in [0.5, 0.6) is 0 Å². The van der Waals surface area contributed by atoms with Crippen LogP contribution in [0.1, 0.15) is 52.0 Å². The van der Waals surface area contributed by atoms with Crippen molar-refractivity contribution in [3.63, 3.8) is 0 Å². The highest BCUT2D eigenvalue weighted by molar-refractivity contribution is 7.11. The molecule has 0 aromatic carbocycles. The van der Waals surface area contributed by atoms with Gasteiger partial charge in [-0.05, 0) is 25.8 Å².